The zero-order valence-electron chi connectivity index (χ0n) is 15.2. The van der Waals surface area contributed by atoms with E-state index in [1.54, 1.807) is 6.20 Å². The molecule has 8 heteroatoms. The van der Waals surface area contributed by atoms with Crippen LogP contribution in [0.4, 0.5) is 0 Å². The predicted molar refractivity (Wildman–Crippen MR) is 112 cm³/mol. The molecule has 0 unspecified atom stereocenters. The Balaban J connectivity index is 1.50. The van der Waals surface area contributed by atoms with Gasteiger partial charge in [0, 0.05) is 24.8 Å². The van der Waals surface area contributed by atoms with Crippen LogP contribution in [-0.4, -0.2) is 32.0 Å². The number of nitrogens with one attached hydrogen (secondary N) is 1. The zero-order chi connectivity index (χ0) is 19.4. The quantitative estimate of drug-likeness (QED) is 0.503. The molecule has 0 saturated heterocycles. The third kappa shape index (κ3) is 5.07. The average molecular weight is 495 g/mol. The lowest BCUT2D eigenvalue weighted by Crippen LogP contribution is -2.25. The fourth-order valence-electron chi connectivity index (χ4n) is 2.77. The molecule has 0 bridgehead atoms. The van der Waals surface area contributed by atoms with Gasteiger partial charge < -0.3 is 5.32 Å². The first kappa shape index (κ1) is 19.8. The maximum atomic E-state index is 12.3. The van der Waals surface area contributed by atoms with E-state index >= 15 is 0 Å². The number of nitrogens with zero attached hydrogens (tertiary/aromatic N) is 4. The van der Waals surface area contributed by atoms with Gasteiger partial charge >= 0.3 is 0 Å². The van der Waals surface area contributed by atoms with Crippen LogP contribution < -0.4 is 5.32 Å². The summed E-state index contributed by atoms with van der Waals surface area (Å²) >= 11 is 6.92. The fourth-order valence-corrected chi connectivity index (χ4v) is 3.38. The number of aromatic nitrogens is 4. The molecule has 142 valence electrons. The minimum Gasteiger partial charge on any atom is -0.352 e. The van der Waals surface area contributed by atoms with E-state index in [4.69, 9.17) is 0 Å². The van der Waals surface area contributed by atoms with Crippen molar-refractivity contribution in [3.05, 3.63) is 68.1 Å². The molecule has 0 radical (unpaired) electrons. The molecule has 6 nitrogen and oxygen atoms in total. The lowest BCUT2D eigenvalue weighted by molar-refractivity contribution is 0.0952. The fraction of sp³-hybridized carbons (Fsp3) is 0.316. The average Bonchev–Trinajstić information content (AvgIpc) is 3.18. The van der Waals surface area contributed by atoms with Crippen LogP contribution in [0.1, 0.15) is 33.7 Å². The van der Waals surface area contributed by atoms with Crippen molar-refractivity contribution < 1.29 is 4.79 Å². The number of carbonyl (C=O) groups excluding carboxylic acids is 1. The van der Waals surface area contributed by atoms with Crippen LogP contribution in [-0.2, 0) is 13.1 Å². The Labute approximate surface area is 175 Å². The van der Waals surface area contributed by atoms with Gasteiger partial charge in [-0.3, -0.25) is 14.2 Å². The van der Waals surface area contributed by atoms with Crippen LogP contribution in [0.3, 0.4) is 0 Å². The Morgan fingerprint density at radius 3 is 2.52 bits per heavy atom. The second-order valence-electron chi connectivity index (χ2n) is 6.37. The van der Waals surface area contributed by atoms with E-state index < -0.39 is 0 Å². The van der Waals surface area contributed by atoms with Gasteiger partial charge in [-0.1, -0.05) is 12.1 Å². The van der Waals surface area contributed by atoms with Crippen LogP contribution >= 0.6 is 31.9 Å². The number of rotatable bonds is 7. The second kappa shape index (κ2) is 8.84. The summed E-state index contributed by atoms with van der Waals surface area (Å²) in [7, 11) is 0. The highest BCUT2D eigenvalue weighted by Gasteiger charge is 2.10. The van der Waals surface area contributed by atoms with Gasteiger partial charge in [0.05, 0.1) is 33.1 Å². The molecular weight excluding hydrogens is 474 g/mol. The van der Waals surface area contributed by atoms with Crippen molar-refractivity contribution in [2.45, 2.75) is 33.4 Å². The maximum absolute atomic E-state index is 12.3. The lowest BCUT2D eigenvalue weighted by atomic mass is 10.1. The highest BCUT2D eigenvalue weighted by molar-refractivity contribution is 9.10. The highest BCUT2D eigenvalue weighted by Crippen LogP contribution is 2.20. The Hall–Kier alpha value is -1.93. The van der Waals surface area contributed by atoms with E-state index in [9.17, 15) is 4.79 Å². The second-order valence-corrected chi connectivity index (χ2v) is 8.08. The minimum absolute atomic E-state index is 0.0583. The zero-order valence-corrected chi connectivity index (χ0v) is 18.4. The lowest BCUT2D eigenvalue weighted by Gasteiger charge is -2.08. The molecule has 3 aromatic rings. The van der Waals surface area contributed by atoms with Gasteiger partial charge in [0.25, 0.3) is 5.91 Å². The first-order valence-electron chi connectivity index (χ1n) is 8.68. The van der Waals surface area contributed by atoms with Crippen LogP contribution in [0, 0.1) is 13.8 Å². The maximum Gasteiger partial charge on any atom is 0.251 e. The van der Waals surface area contributed by atoms with Crippen LogP contribution in [0.5, 0.6) is 0 Å². The van der Waals surface area contributed by atoms with Gasteiger partial charge in [-0.15, -0.1) is 0 Å². The van der Waals surface area contributed by atoms with Crippen molar-refractivity contribution in [3.8, 4) is 0 Å². The van der Waals surface area contributed by atoms with E-state index in [-0.39, 0.29) is 5.91 Å². The smallest absolute Gasteiger partial charge is 0.251 e. The summed E-state index contributed by atoms with van der Waals surface area (Å²) in [4.78, 5) is 12.3. The third-order valence-corrected chi connectivity index (χ3v) is 5.85. The number of hydrogen-bond donors (Lipinski definition) is 1. The molecule has 2 heterocycles. The number of aryl methyl sites for hydroxylation is 2. The van der Waals surface area contributed by atoms with Gasteiger partial charge in [0.15, 0.2) is 0 Å². The third-order valence-electron chi connectivity index (χ3n) is 4.29. The Morgan fingerprint density at radius 2 is 1.93 bits per heavy atom. The van der Waals surface area contributed by atoms with Gasteiger partial charge in [-0.25, -0.2) is 0 Å². The van der Waals surface area contributed by atoms with Crippen molar-refractivity contribution in [3.63, 3.8) is 0 Å². The minimum atomic E-state index is -0.0583. The standard InChI is InChI=1S/C19H21Br2N5O/c1-13-18(21)14(2)26(24-13)11-15-4-6-16(7-5-15)19(27)22-8-3-9-25-12-17(20)10-23-25/h4-7,10,12H,3,8-9,11H2,1-2H3,(H,22,27). The molecule has 0 atom stereocenters. The first-order valence-corrected chi connectivity index (χ1v) is 10.3. The van der Waals surface area contributed by atoms with Crippen LogP contribution in [0.25, 0.3) is 0 Å². The molecule has 1 aromatic carbocycles. The summed E-state index contributed by atoms with van der Waals surface area (Å²) in [5.41, 5.74) is 3.84. The number of amides is 1. The van der Waals surface area contributed by atoms with E-state index in [0.29, 0.717) is 18.7 Å². The topological polar surface area (TPSA) is 64.7 Å². The molecule has 2 aromatic heterocycles. The van der Waals surface area contributed by atoms with Gasteiger partial charge in [0.2, 0.25) is 0 Å². The van der Waals surface area contributed by atoms with Crippen molar-refractivity contribution in [2.75, 3.05) is 6.54 Å². The molecule has 0 aliphatic heterocycles. The molecule has 0 spiro atoms. The number of hydrogen-bond acceptors (Lipinski definition) is 3. The summed E-state index contributed by atoms with van der Waals surface area (Å²) in [5, 5.41) is 11.7. The number of carbonyl (C=O) groups is 1. The molecule has 0 saturated carbocycles. The molecule has 3 rings (SSSR count). The predicted octanol–water partition coefficient (Wildman–Crippen LogP) is 4.09. The Kier molecular flexibility index (Phi) is 6.49. The SMILES string of the molecule is Cc1nn(Cc2ccc(C(=O)NCCCn3cc(Br)cn3)cc2)c(C)c1Br. The van der Waals surface area contributed by atoms with Gasteiger partial charge in [0.1, 0.15) is 0 Å². The number of halogens is 2. The molecule has 1 amide bonds. The monoisotopic (exact) mass is 493 g/mol. The van der Waals surface area contributed by atoms with Crippen molar-refractivity contribution >= 4 is 37.8 Å². The summed E-state index contributed by atoms with van der Waals surface area (Å²) in [6.07, 6.45) is 4.50. The van der Waals surface area contributed by atoms with Crippen molar-refractivity contribution in [1.29, 1.82) is 0 Å². The van der Waals surface area contributed by atoms with Crippen LogP contribution in [0.15, 0.2) is 45.6 Å². The van der Waals surface area contributed by atoms with Gasteiger partial charge in [-0.2, -0.15) is 10.2 Å². The molecule has 0 fully saturated rings. The van der Waals surface area contributed by atoms with E-state index in [1.165, 1.54) is 0 Å². The molecular formula is C19H21Br2N5O. The summed E-state index contributed by atoms with van der Waals surface area (Å²) in [5.74, 6) is -0.0583. The largest absolute Gasteiger partial charge is 0.352 e. The van der Waals surface area contributed by atoms with Crippen molar-refractivity contribution in [1.82, 2.24) is 24.9 Å². The number of benzene rings is 1. The van der Waals surface area contributed by atoms with E-state index in [1.807, 2.05) is 53.7 Å². The summed E-state index contributed by atoms with van der Waals surface area (Å²) in [6.45, 7) is 6.07. The summed E-state index contributed by atoms with van der Waals surface area (Å²) < 4.78 is 5.81. The molecule has 1 N–H and O–H groups in total. The Bertz CT molecular complexity index is 930. The molecule has 0 aliphatic carbocycles. The van der Waals surface area contributed by atoms with E-state index in [0.717, 1.165) is 38.9 Å². The van der Waals surface area contributed by atoms with E-state index in [2.05, 4.69) is 47.4 Å². The van der Waals surface area contributed by atoms with Crippen molar-refractivity contribution in [2.24, 2.45) is 0 Å². The van der Waals surface area contributed by atoms with Gasteiger partial charge in [-0.05, 0) is 69.8 Å². The van der Waals surface area contributed by atoms with Crippen LogP contribution in [0.2, 0.25) is 0 Å². The highest BCUT2D eigenvalue weighted by atomic mass is 79.9. The molecule has 27 heavy (non-hydrogen) atoms. The molecule has 0 aliphatic rings. The first-order chi connectivity index (χ1) is 12.9. The Morgan fingerprint density at radius 1 is 1.19 bits per heavy atom. The summed E-state index contributed by atoms with van der Waals surface area (Å²) in [6, 6.07) is 7.66. The normalized spacial score (nSPS) is 11.0.